The molecule has 0 amide bonds. The number of hydrogen-bond acceptors (Lipinski definition) is 5. The van der Waals surface area contributed by atoms with Gasteiger partial charge in [0.2, 0.25) is 0 Å². The van der Waals surface area contributed by atoms with Crippen LogP contribution in [0.3, 0.4) is 0 Å². The summed E-state index contributed by atoms with van der Waals surface area (Å²) >= 11 is 0. The van der Waals surface area contributed by atoms with Crippen LogP contribution in [0, 0.1) is 0 Å². The monoisotopic (exact) mass is 280 g/mol. The third-order valence-corrected chi connectivity index (χ3v) is 3.50. The number of morpholine rings is 1. The average molecular weight is 280 g/mol. The molecule has 1 aromatic rings. The molecule has 0 bridgehead atoms. The van der Waals surface area contributed by atoms with Crippen LogP contribution in [0.25, 0.3) is 0 Å². The Bertz CT molecular complexity index is 486. The molecule has 6 nitrogen and oxygen atoms in total. The lowest BCUT2D eigenvalue weighted by molar-refractivity contribution is -0.0444. The maximum absolute atomic E-state index is 11.7. The Morgan fingerprint density at radius 1 is 1.60 bits per heavy atom. The molecular weight excluding hydrogens is 256 g/mol. The highest BCUT2D eigenvalue weighted by atomic mass is 16.5. The summed E-state index contributed by atoms with van der Waals surface area (Å²) in [5.74, 6) is 0.635. The highest BCUT2D eigenvalue weighted by Gasteiger charge is 2.25. The maximum Gasteiger partial charge on any atom is 0.251 e. The van der Waals surface area contributed by atoms with Crippen molar-refractivity contribution in [3.8, 4) is 0 Å². The molecule has 1 unspecified atom stereocenters. The zero-order chi connectivity index (χ0) is 14.5. The summed E-state index contributed by atoms with van der Waals surface area (Å²) < 4.78 is 5.76. The van der Waals surface area contributed by atoms with Crippen molar-refractivity contribution < 1.29 is 4.74 Å². The van der Waals surface area contributed by atoms with E-state index in [0.29, 0.717) is 25.0 Å². The molecule has 2 rings (SSSR count). The fourth-order valence-electron chi connectivity index (χ4n) is 2.33. The molecule has 20 heavy (non-hydrogen) atoms. The van der Waals surface area contributed by atoms with E-state index >= 15 is 0 Å². The van der Waals surface area contributed by atoms with Crippen LogP contribution in [0.5, 0.6) is 0 Å². The van der Waals surface area contributed by atoms with Crippen LogP contribution in [-0.4, -0.2) is 47.2 Å². The van der Waals surface area contributed by atoms with Gasteiger partial charge in [-0.25, -0.2) is 4.98 Å². The van der Waals surface area contributed by atoms with E-state index in [4.69, 9.17) is 4.74 Å². The molecule has 1 saturated heterocycles. The molecule has 0 spiro atoms. The number of H-pyrrole nitrogens is 1. The SMILES string of the molecule is CCNCc1cc(=O)[nH]c(C2CN(C(C)C)CCO2)n1. The number of nitrogens with zero attached hydrogens (tertiary/aromatic N) is 2. The first-order chi connectivity index (χ1) is 9.60. The lowest BCUT2D eigenvalue weighted by Gasteiger charge is -2.34. The molecule has 0 saturated carbocycles. The van der Waals surface area contributed by atoms with Gasteiger partial charge in [0.05, 0.1) is 12.3 Å². The number of ether oxygens (including phenoxy) is 1. The second-order valence-electron chi connectivity index (χ2n) is 5.35. The van der Waals surface area contributed by atoms with Gasteiger partial charge in [-0.1, -0.05) is 6.92 Å². The molecule has 1 aliphatic rings. The number of aromatic nitrogens is 2. The number of hydrogen-bond donors (Lipinski definition) is 2. The molecule has 1 atom stereocenters. The van der Waals surface area contributed by atoms with E-state index in [2.05, 4.69) is 34.0 Å². The number of aromatic amines is 1. The first-order valence-electron chi connectivity index (χ1n) is 7.26. The summed E-state index contributed by atoms with van der Waals surface area (Å²) in [6.07, 6.45) is -0.152. The molecular formula is C14H24N4O2. The van der Waals surface area contributed by atoms with Gasteiger partial charge in [-0.05, 0) is 20.4 Å². The van der Waals surface area contributed by atoms with E-state index in [-0.39, 0.29) is 11.7 Å². The minimum atomic E-state index is -0.152. The van der Waals surface area contributed by atoms with Gasteiger partial charge in [-0.2, -0.15) is 0 Å². The fourth-order valence-corrected chi connectivity index (χ4v) is 2.33. The summed E-state index contributed by atoms with van der Waals surface area (Å²) in [6, 6.07) is 2.01. The number of nitrogens with one attached hydrogen (secondary N) is 2. The van der Waals surface area contributed by atoms with Crippen molar-refractivity contribution in [3.63, 3.8) is 0 Å². The highest BCUT2D eigenvalue weighted by molar-refractivity contribution is 5.05. The zero-order valence-corrected chi connectivity index (χ0v) is 12.5. The Kier molecular flexibility index (Phi) is 5.28. The Balaban J connectivity index is 2.14. The molecule has 112 valence electrons. The van der Waals surface area contributed by atoms with Crippen molar-refractivity contribution in [2.24, 2.45) is 0 Å². The zero-order valence-electron chi connectivity index (χ0n) is 12.5. The van der Waals surface area contributed by atoms with Crippen LogP contribution in [0.4, 0.5) is 0 Å². The van der Waals surface area contributed by atoms with Gasteiger partial charge in [0, 0.05) is 31.7 Å². The lowest BCUT2D eigenvalue weighted by Crippen LogP contribution is -2.43. The summed E-state index contributed by atoms with van der Waals surface area (Å²) in [4.78, 5) is 21.4. The van der Waals surface area contributed by atoms with Crippen molar-refractivity contribution in [1.29, 1.82) is 0 Å². The topological polar surface area (TPSA) is 70.2 Å². The molecule has 0 aliphatic carbocycles. The van der Waals surface area contributed by atoms with E-state index in [1.54, 1.807) is 0 Å². The first kappa shape index (κ1) is 15.2. The molecule has 6 heteroatoms. The predicted molar refractivity (Wildman–Crippen MR) is 77.6 cm³/mol. The Labute approximate surface area is 119 Å². The minimum Gasteiger partial charge on any atom is -0.368 e. The van der Waals surface area contributed by atoms with Crippen LogP contribution in [-0.2, 0) is 11.3 Å². The normalized spacial score (nSPS) is 20.5. The fraction of sp³-hybridized carbons (Fsp3) is 0.714. The van der Waals surface area contributed by atoms with E-state index in [1.165, 1.54) is 6.07 Å². The smallest absolute Gasteiger partial charge is 0.251 e. The Morgan fingerprint density at radius 2 is 2.40 bits per heavy atom. The molecule has 2 N–H and O–H groups in total. The summed E-state index contributed by atoms with van der Waals surface area (Å²) in [5, 5.41) is 3.18. The van der Waals surface area contributed by atoms with Crippen molar-refractivity contribution in [2.75, 3.05) is 26.2 Å². The van der Waals surface area contributed by atoms with Gasteiger partial charge in [0.1, 0.15) is 11.9 Å². The molecule has 0 radical (unpaired) electrons. The average Bonchev–Trinajstić information content (AvgIpc) is 2.44. The summed E-state index contributed by atoms with van der Waals surface area (Å²) in [7, 11) is 0. The van der Waals surface area contributed by atoms with Crippen molar-refractivity contribution in [1.82, 2.24) is 20.2 Å². The van der Waals surface area contributed by atoms with Crippen LogP contribution in [0.1, 0.15) is 38.4 Å². The maximum atomic E-state index is 11.7. The van der Waals surface area contributed by atoms with E-state index in [0.717, 1.165) is 25.3 Å². The molecule has 1 fully saturated rings. The highest BCUT2D eigenvalue weighted by Crippen LogP contribution is 2.19. The molecule has 1 aliphatic heterocycles. The van der Waals surface area contributed by atoms with Gasteiger partial charge in [0.15, 0.2) is 0 Å². The van der Waals surface area contributed by atoms with Gasteiger partial charge < -0.3 is 15.0 Å². The third kappa shape index (κ3) is 3.88. The second kappa shape index (κ2) is 6.97. The van der Waals surface area contributed by atoms with E-state index in [1.807, 2.05) is 6.92 Å². The Morgan fingerprint density at radius 3 is 3.10 bits per heavy atom. The van der Waals surface area contributed by atoms with Crippen molar-refractivity contribution in [2.45, 2.75) is 39.5 Å². The third-order valence-electron chi connectivity index (χ3n) is 3.50. The quantitative estimate of drug-likeness (QED) is 0.829. The van der Waals surface area contributed by atoms with Crippen molar-refractivity contribution in [3.05, 3.63) is 27.9 Å². The molecule has 2 heterocycles. The van der Waals surface area contributed by atoms with Gasteiger partial charge in [-0.15, -0.1) is 0 Å². The van der Waals surface area contributed by atoms with Gasteiger partial charge in [0.25, 0.3) is 5.56 Å². The first-order valence-corrected chi connectivity index (χ1v) is 7.26. The van der Waals surface area contributed by atoms with E-state index in [9.17, 15) is 4.79 Å². The Hall–Kier alpha value is -1.24. The van der Waals surface area contributed by atoms with Crippen LogP contribution in [0.15, 0.2) is 10.9 Å². The molecule has 1 aromatic heterocycles. The lowest BCUT2D eigenvalue weighted by atomic mass is 10.2. The van der Waals surface area contributed by atoms with Crippen LogP contribution >= 0.6 is 0 Å². The molecule has 0 aromatic carbocycles. The standard InChI is InChI=1S/C14H24N4O2/c1-4-15-8-11-7-13(19)17-14(16-11)12-9-18(10(2)3)5-6-20-12/h7,10,12,15H,4-6,8-9H2,1-3H3,(H,16,17,19). The summed E-state index contributed by atoms with van der Waals surface area (Å²) in [5.41, 5.74) is 0.643. The number of rotatable bonds is 5. The van der Waals surface area contributed by atoms with Crippen LogP contribution in [0.2, 0.25) is 0 Å². The van der Waals surface area contributed by atoms with Crippen molar-refractivity contribution >= 4 is 0 Å². The minimum absolute atomic E-state index is 0.117. The van der Waals surface area contributed by atoms with Gasteiger partial charge >= 0.3 is 0 Å². The predicted octanol–water partition coefficient (Wildman–Crippen LogP) is 0.661. The van der Waals surface area contributed by atoms with Crippen LogP contribution < -0.4 is 10.9 Å². The summed E-state index contributed by atoms with van der Waals surface area (Å²) in [6.45, 7) is 10.2. The second-order valence-corrected chi connectivity index (χ2v) is 5.35. The van der Waals surface area contributed by atoms with E-state index < -0.39 is 0 Å². The van der Waals surface area contributed by atoms with Gasteiger partial charge in [-0.3, -0.25) is 9.69 Å². The largest absolute Gasteiger partial charge is 0.368 e.